The van der Waals surface area contributed by atoms with Crippen LogP contribution < -0.4 is 5.32 Å². The summed E-state index contributed by atoms with van der Waals surface area (Å²) in [4.78, 5) is 48.5. The van der Waals surface area contributed by atoms with Crippen LogP contribution in [0, 0.1) is 6.92 Å². The van der Waals surface area contributed by atoms with E-state index in [0.717, 1.165) is 10.5 Å². The van der Waals surface area contributed by atoms with Gasteiger partial charge in [0.2, 0.25) is 11.8 Å². The maximum Gasteiger partial charge on any atom is 0.262 e. The van der Waals surface area contributed by atoms with Crippen molar-refractivity contribution in [3.8, 4) is 0 Å². The quantitative estimate of drug-likeness (QED) is 0.750. The summed E-state index contributed by atoms with van der Waals surface area (Å²) in [6.45, 7) is 1.83. The smallest absolute Gasteiger partial charge is 0.262 e. The fourth-order valence-electron chi connectivity index (χ4n) is 2.58. The number of piperidine rings is 1. The predicted molar refractivity (Wildman–Crippen MR) is 67.9 cm³/mol. The average Bonchev–Trinajstić information content (AvgIpc) is 2.63. The van der Waals surface area contributed by atoms with Gasteiger partial charge in [-0.15, -0.1) is 0 Å². The minimum Gasteiger partial charge on any atom is -0.295 e. The molecule has 2 heterocycles. The zero-order valence-electron chi connectivity index (χ0n) is 10.8. The summed E-state index contributed by atoms with van der Waals surface area (Å²) in [7, 11) is 0. The Balaban J connectivity index is 1.97. The van der Waals surface area contributed by atoms with Crippen LogP contribution in [0.5, 0.6) is 0 Å². The number of amides is 4. The Bertz CT molecular complexity index is 665. The molecule has 6 nitrogen and oxygen atoms in total. The van der Waals surface area contributed by atoms with Crippen LogP contribution in [0.15, 0.2) is 18.2 Å². The van der Waals surface area contributed by atoms with Gasteiger partial charge in [-0.05, 0) is 25.5 Å². The third-order valence-corrected chi connectivity index (χ3v) is 3.60. The lowest BCUT2D eigenvalue weighted by Gasteiger charge is -2.27. The number of nitrogens with one attached hydrogen (secondary N) is 1. The molecule has 0 radical (unpaired) electrons. The predicted octanol–water partition coefficient (Wildman–Crippen LogP) is 0.396. The highest BCUT2D eigenvalue weighted by Crippen LogP contribution is 2.27. The van der Waals surface area contributed by atoms with Gasteiger partial charge in [0.25, 0.3) is 11.8 Å². The maximum absolute atomic E-state index is 12.3. The zero-order chi connectivity index (χ0) is 14.4. The van der Waals surface area contributed by atoms with Crippen molar-refractivity contribution in [2.24, 2.45) is 0 Å². The minimum atomic E-state index is -0.902. The van der Waals surface area contributed by atoms with Crippen LogP contribution in [-0.2, 0) is 9.59 Å². The molecule has 1 atom stereocenters. The van der Waals surface area contributed by atoms with Crippen LogP contribution >= 0.6 is 0 Å². The van der Waals surface area contributed by atoms with Gasteiger partial charge in [-0.3, -0.25) is 29.4 Å². The van der Waals surface area contributed by atoms with Gasteiger partial charge < -0.3 is 0 Å². The average molecular weight is 272 g/mol. The molecule has 1 fully saturated rings. The van der Waals surface area contributed by atoms with Crippen molar-refractivity contribution in [3.63, 3.8) is 0 Å². The van der Waals surface area contributed by atoms with Crippen molar-refractivity contribution in [2.75, 3.05) is 0 Å². The molecule has 2 aliphatic rings. The van der Waals surface area contributed by atoms with Crippen molar-refractivity contribution >= 4 is 23.6 Å². The molecule has 1 unspecified atom stereocenters. The second kappa shape index (κ2) is 4.26. The second-order valence-corrected chi connectivity index (χ2v) is 5.00. The van der Waals surface area contributed by atoms with Crippen molar-refractivity contribution in [1.82, 2.24) is 10.2 Å². The molecule has 102 valence electrons. The van der Waals surface area contributed by atoms with E-state index in [1.54, 1.807) is 18.2 Å². The van der Waals surface area contributed by atoms with Crippen LogP contribution in [0.4, 0.5) is 0 Å². The monoisotopic (exact) mass is 272 g/mol. The van der Waals surface area contributed by atoms with Crippen LogP contribution in [-0.4, -0.2) is 34.6 Å². The highest BCUT2D eigenvalue weighted by Gasteiger charge is 2.44. The van der Waals surface area contributed by atoms with Crippen molar-refractivity contribution in [2.45, 2.75) is 25.8 Å². The number of hydrogen-bond donors (Lipinski definition) is 1. The van der Waals surface area contributed by atoms with E-state index in [1.165, 1.54) is 0 Å². The standard InChI is InChI=1S/C14H12N2O4/c1-7-2-3-8-9(6-7)14(20)16(13(8)19)10-4-5-11(17)15-12(10)18/h2-3,6,10H,4-5H2,1H3,(H,15,17,18). The summed E-state index contributed by atoms with van der Waals surface area (Å²) < 4.78 is 0. The van der Waals surface area contributed by atoms with E-state index in [1.807, 2.05) is 6.92 Å². The summed E-state index contributed by atoms with van der Waals surface area (Å²) >= 11 is 0. The first kappa shape index (κ1) is 12.5. The number of benzene rings is 1. The molecule has 1 N–H and O–H groups in total. The molecule has 0 spiro atoms. The van der Waals surface area contributed by atoms with Gasteiger partial charge in [0.1, 0.15) is 6.04 Å². The topological polar surface area (TPSA) is 83.6 Å². The number of rotatable bonds is 1. The number of fused-ring (bicyclic) bond motifs is 1. The van der Waals surface area contributed by atoms with Gasteiger partial charge in [-0.2, -0.15) is 0 Å². The highest BCUT2D eigenvalue weighted by atomic mass is 16.2. The van der Waals surface area contributed by atoms with Gasteiger partial charge >= 0.3 is 0 Å². The van der Waals surface area contributed by atoms with E-state index < -0.39 is 23.8 Å². The molecule has 1 aromatic carbocycles. The van der Waals surface area contributed by atoms with Crippen LogP contribution in [0.2, 0.25) is 0 Å². The molecule has 0 bridgehead atoms. The summed E-state index contributed by atoms with van der Waals surface area (Å²) in [6.07, 6.45) is 0.304. The van der Waals surface area contributed by atoms with Crippen molar-refractivity contribution in [1.29, 1.82) is 0 Å². The zero-order valence-corrected chi connectivity index (χ0v) is 10.8. The number of carbonyl (C=O) groups is 4. The van der Waals surface area contributed by atoms with Gasteiger partial charge in [-0.25, -0.2) is 0 Å². The van der Waals surface area contributed by atoms with Gasteiger partial charge in [0.05, 0.1) is 11.1 Å². The lowest BCUT2D eigenvalue weighted by Crippen LogP contribution is -2.54. The van der Waals surface area contributed by atoms with Crippen LogP contribution in [0.25, 0.3) is 0 Å². The normalized spacial score (nSPS) is 22.1. The van der Waals surface area contributed by atoms with Crippen molar-refractivity contribution < 1.29 is 19.2 Å². The van der Waals surface area contributed by atoms with Crippen molar-refractivity contribution in [3.05, 3.63) is 34.9 Å². The molecule has 3 rings (SSSR count). The fourth-order valence-corrected chi connectivity index (χ4v) is 2.58. The fraction of sp³-hybridized carbons (Fsp3) is 0.286. The van der Waals surface area contributed by atoms with Crippen LogP contribution in [0.3, 0.4) is 0 Å². The lowest BCUT2D eigenvalue weighted by atomic mass is 10.0. The molecule has 20 heavy (non-hydrogen) atoms. The first-order chi connectivity index (χ1) is 9.49. The second-order valence-electron chi connectivity index (χ2n) is 5.00. The Labute approximate surface area is 114 Å². The Hall–Kier alpha value is -2.50. The minimum absolute atomic E-state index is 0.128. The van der Waals surface area contributed by atoms with Gasteiger partial charge in [0.15, 0.2) is 0 Å². The maximum atomic E-state index is 12.3. The summed E-state index contributed by atoms with van der Waals surface area (Å²) in [5, 5.41) is 2.16. The molecule has 1 aromatic rings. The number of imide groups is 2. The van der Waals surface area contributed by atoms with E-state index in [-0.39, 0.29) is 18.7 Å². The first-order valence-electron chi connectivity index (χ1n) is 6.31. The molecule has 0 aromatic heterocycles. The molecule has 0 aliphatic carbocycles. The Kier molecular flexibility index (Phi) is 2.67. The lowest BCUT2D eigenvalue weighted by molar-refractivity contribution is -0.136. The first-order valence-corrected chi connectivity index (χ1v) is 6.31. The Morgan fingerprint density at radius 3 is 2.50 bits per heavy atom. The number of aryl methyl sites for hydroxylation is 1. The van der Waals surface area contributed by atoms with Crippen LogP contribution in [0.1, 0.15) is 39.1 Å². The molecule has 0 saturated carbocycles. The highest BCUT2D eigenvalue weighted by molar-refractivity contribution is 6.23. The SMILES string of the molecule is Cc1ccc2c(c1)C(=O)N(C1CCC(=O)NC1=O)C2=O. The summed E-state index contributed by atoms with van der Waals surface area (Å²) in [5.41, 5.74) is 1.50. The van der Waals surface area contributed by atoms with Gasteiger partial charge in [0, 0.05) is 6.42 Å². The van der Waals surface area contributed by atoms with E-state index in [2.05, 4.69) is 5.32 Å². The number of carbonyl (C=O) groups excluding carboxylic acids is 4. The molecule has 6 heteroatoms. The molecule has 4 amide bonds. The van der Waals surface area contributed by atoms with E-state index >= 15 is 0 Å². The Morgan fingerprint density at radius 1 is 1.10 bits per heavy atom. The summed E-state index contributed by atoms with van der Waals surface area (Å²) in [5.74, 6) is -1.91. The van der Waals surface area contributed by atoms with E-state index in [0.29, 0.717) is 11.1 Å². The number of hydrogen-bond acceptors (Lipinski definition) is 4. The van der Waals surface area contributed by atoms with E-state index in [4.69, 9.17) is 0 Å². The summed E-state index contributed by atoms with van der Waals surface area (Å²) in [6, 6.07) is 4.08. The molecule has 2 aliphatic heterocycles. The largest absolute Gasteiger partial charge is 0.295 e. The van der Waals surface area contributed by atoms with E-state index in [9.17, 15) is 19.2 Å². The molecular formula is C14H12N2O4. The third-order valence-electron chi connectivity index (χ3n) is 3.60. The number of nitrogens with zero attached hydrogens (tertiary/aromatic N) is 1. The third kappa shape index (κ3) is 1.72. The molecular weight excluding hydrogens is 260 g/mol. The molecule has 1 saturated heterocycles. The van der Waals surface area contributed by atoms with Gasteiger partial charge in [-0.1, -0.05) is 11.6 Å². The Morgan fingerprint density at radius 2 is 1.80 bits per heavy atom.